The van der Waals surface area contributed by atoms with Crippen LogP contribution in [0.1, 0.15) is 34.3 Å². The van der Waals surface area contributed by atoms with Crippen LogP contribution < -0.4 is 5.32 Å². The van der Waals surface area contributed by atoms with Gasteiger partial charge in [0.05, 0.1) is 26.8 Å². The van der Waals surface area contributed by atoms with Gasteiger partial charge in [-0.25, -0.2) is 4.39 Å². The third-order valence-corrected chi connectivity index (χ3v) is 6.02. The van der Waals surface area contributed by atoms with E-state index in [0.29, 0.717) is 26.2 Å². The Kier molecular flexibility index (Phi) is 7.15. The zero-order valence-electron chi connectivity index (χ0n) is 16.3. The molecule has 2 aromatic rings. The molecule has 3 rings (SSSR count). The van der Waals surface area contributed by atoms with Crippen LogP contribution in [0.5, 0.6) is 0 Å². The Balaban J connectivity index is 1.54. The maximum absolute atomic E-state index is 13.1. The summed E-state index contributed by atoms with van der Waals surface area (Å²) in [6.45, 7) is 1.65. The summed E-state index contributed by atoms with van der Waals surface area (Å²) < 4.78 is 52.4. The van der Waals surface area contributed by atoms with E-state index in [0.717, 1.165) is 24.3 Å². The van der Waals surface area contributed by atoms with Crippen LogP contribution in [0.4, 0.5) is 17.6 Å². The molecule has 10 heteroatoms. The number of nitrogens with zero attached hydrogens (tertiary/aromatic N) is 1. The van der Waals surface area contributed by atoms with Crippen molar-refractivity contribution in [1.82, 2.24) is 10.2 Å². The molecule has 0 aromatic heterocycles. The van der Waals surface area contributed by atoms with Gasteiger partial charge in [-0.1, -0.05) is 29.3 Å². The summed E-state index contributed by atoms with van der Waals surface area (Å²) in [6.07, 6.45) is -4.12. The van der Waals surface area contributed by atoms with Gasteiger partial charge in [0.15, 0.2) is 0 Å². The van der Waals surface area contributed by atoms with Crippen molar-refractivity contribution in [2.45, 2.75) is 24.6 Å². The SMILES string of the molecule is O=C(NCCN1CCC(O)(c2ccc(Cl)c(C(F)(F)F)c2)CC1)c1ccc(F)cc1Cl. The molecule has 0 aliphatic carbocycles. The second kappa shape index (κ2) is 9.32. The van der Waals surface area contributed by atoms with E-state index in [1.807, 2.05) is 4.90 Å². The zero-order valence-corrected chi connectivity index (χ0v) is 17.8. The molecule has 1 fully saturated rings. The molecule has 0 saturated carbocycles. The fraction of sp³-hybridized carbons (Fsp3) is 0.381. The lowest BCUT2D eigenvalue weighted by atomic mass is 9.83. The molecule has 2 aromatic carbocycles. The number of hydrogen-bond acceptors (Lipinski definition) is 3. The van der Waals surface area contributed by atoms with Crippen molar-refractivity contribution < 1.29 is 27.5 Å². The van der Waals surface area contributed by atoms with Gasteiger partial charge < -0.3 is 15.3 Å². The average Bonchev–Trinajstić information content (AvgIpc) is 2.69. The van der Waals surface area contributed by atoms with Gasteiger partial charge in [0.2, 0.25) is 0 Å². The van der Waals surface area contributed by atoms with Gasteiger partial charge in [-0.15, -0.1) is 0 Å². The summed E-state index contributed by atoms with van der Waals surface area (Å²) in [7, 11) is 0. The second-order valence-electron chi connectivity index (χ2n) is 7.45. The first-order chi connectivity index (χ1) is 14.5. The molecule has 2 N–H and O–H groups in total. The highest BCUT2D eigenvalue weighted by atomic mass is 35.5. The highest BCUT2D eigenvalue weighted by Gasteiger charge is 2.38. The molecule has 0 bridgehead atoms. The van der Waals surface area contributed by atoms with E-state index in [4.69, 9.17) is 23.2 Å². The summed E-state index contributed by atoms with van der Waals surface area (Å²) in [6, 6.07) is 6.98. The number of amides is 1. The lowest BCUT2D eigenvalue weighted by Gasteiger charge is -2.38. The molecular formula is C21H20Cl2F4N2O2. The molecule has 1 aliphatic heterocycles. The minimum atomic E-state index is -4.60. The maximum Gasteiger partial charge on any atom is 0.417 e. The zero-order chi connectivity index (χ0) is 22.8. The van der Waals surface area contributed by atoms with E-state index >= 15 is 0 Å². The minimum Gasteiger partial charge on any atom is -0.385 e. The van der Waals surface area contributed by atoms with Gasteiger partial charge in [0.25, 0.3) is 5.91 Å². The standard InChI is InChI=1S/C21H20Cl2F4N2O2/c22-17-4-1-13(11-16(17)21(25,26)27)20(31)5-8-29(9-6-20)10-7-28-19(30)15-3-2-14(24)12-18(15)23/h1-4,11-12,31H,5-10H2,(H,28,30). The van der Waals surface area contributed by atoms with E-state index in [9.17, 15) is 27.5 Å². The monoisotopic (exact) mass is 478 g/mol. The van der Waals surface area contributed by atoms with Crippen molar-refractivity contribution in [2.75, 3.05) is 26.2 Å². The highest BCUT2D eigenvalue weighted by Crippen LogP contribution is 2.39. The first-order valence-electron chi connectivity index (χ1n) is 9.55. The lowest BCUT2D eigenvalue weighted by Crippen LogP contribution is -2.45. The van der Waals surface area contributed by atoms with Crippen LogP contribution >= 0.6 is 23.2 Å². The van der Waals surface area contributed by atoms with Crippen molar-refractivity contribution in [3.8, 4) is 0 Å². The number of carbonyl (C=O) groups excluding carboxylic acids is 1. The smallest absolute Gasteiger partial charge is 0.385 e. The maximum atomic E-state index is 13.1. The summed E-state index contributed by atoms with van der Waals surface area (Å²) in [4.78, 5) is 14.2. The fourth-order valence-corrected chi connectivity index (χ4v) is 4.04. The first-order valence-corrected chi connectivity index (χ1v) is 10.3. The first kappa shape index (κ1) is 23.8. The second-order valence-corrected chi connectivity index (χ2v) is 8.26. The average molecular weight is 479 g/mol. The molecule has 1 saturated heterocycles. The number of carbonyl (C=O) groups is 1. The van der Waals surface area contributed by atoms with Crippen LogP contribution in [0, 0.1) is 5.82 Å². The molecule has 1 aliphatic rings. The van der Waals surface area contributed by atoms with Gasteiger partial charge in [0.1, 0.15) is 5.82 Å². The number of benzene rings is 2. The molecule has 31 heavy (non-hydrogen) atoms. The lowest BCUT2D eigenvalue weighted by molar-refractivity contribution is -0.137. The molecule has 1 amide bonds. The molecule has 0 unspecified atom stereocenters. The van der Waals surface area contributed by atoms with Crippen molar-refractivity contribution in [2.24, 2.45) is 0 Å². The number of rotatable bonds is 5. The third-order valence-electron chi connectivity index (χ3n) is 5.38. The highest BCUT2D eigenvalue weighted by molar-refractivity contribution is 6.33. The Hall–Kier alpha value is -1.87. The normalized spacial score (nSPS) is 16.9. The van der Waals surface area contributed by atoms with E-state index in [1.165, 1.54) is 12.1 Å². The number of halogens is 6. The Morgan fingerprint density at radius 2 is 1.77 bits per heavy atom. The molecule has 0 radical (unpaired) electrons. The molecule has 168 valence electrons. The molecule has 0 spiro atoms. The van der Waals surface area contributed by atoms with Gasteiger partial charge in [-0.2, -0.15) is 13.2 Å². The predicted octanol–water partition coefficient (Wildman–Crippen LogP) is 4.86. The fourth-order valence-electron chi connectivity index (χ4n) is 3.56. The van der Waals surface area contributed by atoms with Crippen LogP contribution in [-0.4, -0.2) is 42.1 Å². The minimum absolute atomic E-state index is 0.0155. The Bertz CT molecular complexity index is 961. The number of nitrogens with one attached hydrogen (secondary N) is 1. The Morgan fingerprint density at radius 3 is 2.39 bits per heavy atom. The molecule has 1 heterocycles. The third kappa shape index (κ3) is 5.68. The number of hydrogen-bond donors (Lipinski definition) is 2. The van der Waals surface area contributed by atoms with Crippen LogP contribution in [0.2, 0.25) is 10.0 Å². The van der Waals surface area contributed by atoms with E-state index in [1.54, 1.807) is 0 Å². The van der Waals surface area contributed by atoms with Gasteiger partial charge in [0, 0.05) is 26.2 Å². The number of alkyl halides is 3. The Labute approximate surface area is 186 Å². The molecule has 4 nitrogen and oxygen atoms in total. The van der Waals surface area contributed by atoms with Crippen molar-refractivity contribution >= 4 is 29.1 Å². The molecule has 0 atom stereocenters. The van der Waals surface area contributed by atoms with E-state index in [-0.39, 0.29) is 29.0 Å². The molecular weight excluding hydrogens is 459 g/mol. The summed E-state index contributed by atoms with van der Waals surface area (Å²) in [5.41, 5.74) is -2.00. The summed E-state index contributed by atoms with van der Waals surface area (Å²) in [5, 5.41) is 13.2. The van der Waals surface area contributed by atoms with Crippen LogP contribution in [-0.2, 0) is 11.8 Å². The van der Waals surface area contributed by atoms with Crippen molar-refractivity contribution in [1.29, 1.82) is 0 Å². The van der Waals surface area contributed by atoms with Crippen LogP contribution in [0.3, 0.4) is 0 Å². The predicted molar refractivity (Wildman–Crippen MR) is 110 cm³/mol. The van der Waals surface area contributed by atoms with Crippen LogP contribution in [0.15, 0.2) is 36.4 Å². The van der Waals surface area contributed by atoms with E-state index in [2.05, 4.69) is 5.32 Å². The topological polar surface area (TPSA) is 52.6 Å². The largest absolute Gasteiger partial charge is 0.417 e. The van der Waals surface area contributed by atoms with Crippen molar-refractivity contribution in [3.63, 3.8) is 0 Å². The number of piperidine rings is 1. The van der Waals surface area contributed by atoms with Crippen LogP contribution in [0.25, 0.3) is 0 Å². The van der Waals surface area contributed by atoms with Gasteiger partial charge in [-0.05, 0) is 48.7 Å². The van der Waals surface area contributed by atoms with Gasteiger partial charge >= 0.3 is 6.18 Å². The summed E-state index contributed by atoms with van der Waals surface area (Å²) in [5.74, 6) is -0.968. The van der Waals surface area contributed by atoms with Crippen molar-refractivity contribution in [3.05, 3.63) is 69.0 Å². The van der Waals surface area contributed by atoms with Gasteiger partial charge in [-0.3, -0.25) is 4.79 Å². The van der Waals surface area contributed by atoms with E-state index < -0.39 is 34.1 Å². The number of likely N-dealkylation sites (tertiary alicyclic amines) is 1. The Morgan fingerprint density at radius 1 is 1.10 bits per heavy atom. The number of aliphatic hydroxyl groups is 1. The summed E-state index contributed by atoms with van der Waals surface area (Å²) >= 11 is 11.5. The quantitative estimate of drug-likeness (QED) is 0.603.